The largest absolute Gasteiger partial charge is 0.325 e. The van der Waals surface area contributed by atoms with Gasteiger partial charge in [0.2, 0.25) is 0 Å². The maximum absolute atomic E-state index is 12.4. The third-order valence-electron chi connectivity index (χ3n) is 3.89. The third-order valence-corrected chi connectivity index (χ3v) is 3.89. The predicted molar refractivity (Wildman–Crippen MR) is 69.5 cm³/mol. The fraction of sp³-hybridized carbons (Fsp3) is 0.846. The SMILES string of the molecule is CC(C)CN1CCC2(CC1)NC(=O)N(CCF)C2=O. The second-order valence-corrected chi connectivity index (χ2v) is 5.85. The van der Waals surface area contributed by atoms with Crippen molar-refractivity contribution < 1.29 is 14.0 Å². The molecule has 5 nitrogen and oxygen atoms in total. The Morgan fingerprint density at radius 2 is 1.95 bits per heavy atom. The molecule has 0 aliphatic carbocycles. The molecule has 6 heteroatoms. The number of alkyl halides is 1. The van der Waals surface area contributed by atoms with Crippen molar-refractivity contribution in [3.05, 3.63) is 0 Å². The Kier molecular flexibility index (Phi) is 4.08. The molecule has 2 rings (SSSR count). The Morgan fingerprint density at radius 3 is 2.47 bits per heavy atom. The van der Waals surface area contributed by atoms with Gasteiger partial charge in [-0.1, -0.05) is 13.8 Å². The number of rotatable bonds is 4. The topological polar surface area (TPSA) is 52.7 Å². The lowest BCUT2D eigenvalue weighted by Crippen LogP contribution is -2.55. The minimum atomic E-state index is -0.778. The highest BCUT2D eigenvalue weighted by Crippen LogP contribution is 2.29. The minimum Gasteiger partial charge on any atom is -0.323 e. The average Bonchev–Trinajstić information content (AvgIpc) is 2.57. The molecule has 0 saturated carbocycles. The molecule has 2 heterocycles. The number of imide groups is 1. The summed E-state index contributed by atoms with van der Waals surface area (Å²) in [7, 11) is 0. The van der Waals surface area contributed by atoms with Gasteiger partial charge in [0.05, 0.1) is 6.54 Å². The summed E-state index contributed by atoms with van der Waals surface area (Å²) in [4.78, 5) is 27.3. The van der Waals surface area contributed by atoms with Crippen LogP contribution < -0.4 is 5.32 Å². The first-order valence-electron chi connectivity index (χ1n) is 6.91. The van der Waals surface area contributed by atoms with Gasteiger partial charge in [0, 0.05) is 19.6 Å². The average molecular weight is 271 g/mol. The van der Waals surface area contributed by atoms with Gasteiger partial charge in [-0.05, 0) is 18.8 Å². The Hall–Kier alpha value is -1.17. The van der Waals surface area contributed by atoms with Crippen LogP contribution in [-0.4, -0.2) is 60.1 Å². The van der Waals surface area contributed by atoms with Gasteiger partial charge in [-0.3, -0.25) is 9.69 Å². The summed E-state index contributed by atoms with van der Waals surface area (Å²) in [5.41, 5.74) is -0.778. The van der Waals surface area contributed by atoms with E-state index in [1.54, 1.807) is 0 Å². The summed E-state index contributed by atoms with van der Waals surface area (Å²) in [6.45, 7) is 6.11. The second kappa shape index (κ2) is 5.45. The zero-order valence-corrected chi connectivity index (χ0v) is 11.6. The first kappa shape index (κ1) is 14.2. The molecule has 2 aliphatic rings. The highest BCUT2D eigenvalue weighted by molar-refractivity contribution is 6.07. The van der Waals surface area contributed by atoms with Crippen LogP contribution in [0.25, 0.3) is 0 Å². The first-order valence-corrected chi connectivity index (χ1v) is 6.91. The van der Waals surface area contributed by atoms with Crippen molar-refractivity contribution in [1.82, 2.24) is 15.1 Å². The smallest absolute Gasteiger partial charge is 0.323 e. The van der Waals surface area contributed by atoms with E-state index >= 15 is 0 Å². The summed E-state index contributed by atoms with van der Waals surface area (Å²) < 4.78 is 12.4. The molecular weight excluding hydrogens is 249 g/mol. The van der Waals surface area contributed by atoms with Gasteiger partial charge >= 0.3 is 6.03 Å². The number of hydrogen-bond donors (Lipinski definition) is 1. The molecule has 0 radical (unpaired) electrons. The second-order valence-electron chi connectivity index (χ2n) is 5.85. The van der Waals surface area contributed by atoms with E-state index in [2.05, 4.69) is 24.1 Å². The standard InChI is InChI=1S/C13H22FN3O2/c1-10(2)9-16-6-3-13(4-7-16)11(18)17(8-5-14)12(19)15-13/h10H,3-9H2,1-2H3,(H,15,19). The maximum atomic E-state index is 12.4. The van der Waals surface area contributed by atoms with Gasteiger partial charge in [0.25, 0.3) is 5.91 Å². The van der Waals surface area contributed by atoms with E-state index in [4.69, 9.17) is 0 Å². The van der Waals surface area contributed by atoms with Crippen molar-refractivity contribution in [2.75, 3.05) is 32.9 Å². The van der Waals surface area contributed by atoms with Crippen molar-refractivity contribution >= 4 is 11.9 Å². The third kappa shape index (κ3) is 2.73. The number of carbonyl (C=O) groups is 2. The van der Waals surface area contributed by atoms with E-state index in [9.17, 15) is 14.0 Å². The molecule has 2 aliphatic heterocycles. The lowest BCUT2D eigenvalue weighted by Gasteiger charge is -2.37. The number of hydrogen-bond acceptors (Lipinski definition) is 3. The van der Waals surface area contributed by atoms with Gasteiger partial charge < -0.3 is 10.2 Å². The zero-order chi connectivity index (χ0) is 14.0. The molecule has 1 N–H and O–H groups in total. The lowest BCUT2D eigenvalue weighted by molar-refractivity contribution is -0.133. The van der Waals surface area contributed by atoms with Crippen LogP contribution in [0.1, 0.15) is 26.7 Å². The highest BCUT2D eigenvalue weighted by atomic mass is 19.1. The number of amides is 3. The summed E-state index contributed by atoms with van der Waals surface area (Å²) in [5.74, 6) is 0.338. The van der Waals surface area contributed by atoms with Gasteiger partial charge in [-0.25, -0.2) is 9.18 Å². The van der Waals surface area contributed by atoms with Crippen LogP contribution in [0, 0.1) is 5.92 Å². The molecule has 19 heavy (non-hydrogen) atoms. The van der Waals surface area contributed by atoms with Gasteiger partial charge in [-0.2, -0.15) is 0 Å². The predicted octanol–water partition coefficient (Wildman–Crippen LogP) is 0.998. The molecule has 0 aromatic rings. The number of carbonyl (C=O) groups excluding carboxylic acids is 2. The number of likely N-dealkylation sites (tertiary alicyclic amines) is 1. The van der Waals surface area contributed by atoms with Crippen LogP contribution >= 0.6 is 0 Å². The molecule has 0 bridgehead atoms. The normalized spacial score (nSPS) is 23.5. The quantitative estimate of drug-likeness (QED) is 0.776. The van der Waals surface area contributed by atoms with Crippen molar-refractivity contribution in [1.29, 1.82) is 0 Å². The van der Waals surface area contributed by atoms with Crippen LogP contribution in [0.4, 0.5) is 9.18 Å². The molecule has 0 aromatic carbocycles. The summed E-state index contributed by atoms with van der Waals surface area (Å²) >= 11 is 0. The molecule has 1 spiro atoms. The molecule has 2 fully saturated rings. The number of piperidine rings is 1. The van der Waals surface area contributed by atoms with Crippen LogP contribution in [0.5, 0.6) is 0 Å². The number of nitrogens with one attached hydrogen (secondary N) is 1. The minimum absolute atomic E-state index is 0.137. The van der Waals surface area contributed by atoms with E-state index in [1.807, 2.05) is 0 Å². The molecule has 108 valence electrons. The van der Waals surface area contributed by atoms with Crippen molar-refractivity contribution in [3.8, 4) is 0 Å². The Balaban J connectivity index is 1.99. The molecule has 2 saturated heterocycles. The fourth-order valence-corrected chi connectivity index (χ4v) is 2.94. The fourth-order valence-electron chi connectivity index (χ4n) is 2.94. The van der Waals surface area contributed by atoms with Crippen molar-refractivity contribution in [2.45, 2.75) is 32.2 Å². The van der Waals surface area contributed by atoms with E-state index in [-0.39, 0.29) is 12.5 Å². The summed E-state index contributed by atoms with van der Waals surface area (Å²) in [5, 5.41) is 2.77. The monoisotopic (exact) mass is 271 g/mol. The van der Waals surface area contributed by atoms with Crippen LogP contribution in [-0.2, 0) is 4.79 Å². The molecule has 0 atom stereocenters. The Morgan fingerprint density at radius 1 is 1.32 bits per heavy atom. The van der Waals surface area contributed by atoms with E-state index < -0.39 is 18.2 Å². The van der Waals surface area contributed by atoms with Crippen molar-refractivity contribution in [3.63, 3.8) is 0 Å². The number of nitrogens with zero attached hydrogens (tertiary/aromatic N) is 2. The molecular formula is C13H22FN3O2. The molecule has 3 amide bonds. The van der Waals surface area contributed by atoms with Crippen molar-refractivity contribution in [2.24, 2.45) is 5.92 Å². The highest BCUT2D eigenvalue weighted by Gasteiger charge is 2.51. The van der Waals surface area contributed by atoms with Crippen LogP contribution in [0.15, 0.2) is 0 Å². The molecule has 0 unspecified atom stereocenters. The van der Waals surface area contributed by atoms with Crippen LogP contribution in [0.3, 0.4) is 0 Å². The maximum Gasteiger partial charge on any atom is 0.325 e. The van der Waals surface area contributed by atoms with E-state index in [0.29, 0.717) is 18.8 Å². The number of halogens is 1. The van der Waals surface area contributed by atoms with Gasteiger partial charge in [0.15, 0.2) is 0 Å². The van der Waals surface area contributed by atoms with Gasteiger partial charge in [-0.15, -0.1) is 0 Å². The molecule has 0 aromatic heterocycles. The zero-order valence-electron chi connectivity index (χ0n) is 11.6. The first-order chi connectivity index (χ1) is 8.98. The summed E-state index contributed by atoms with van der Waals surface area (Å²) in [6, 6.07) is -0.444. The Labute approximate surface area is 113 Å². The van der Waals surface area contributed by atoms with Crippen LogP contribution in [0.2, 0.25) is 0 Å². The summed E-state index contributed by atoms with van der Waals surface area (Å²) in [6.07, 6.45) is 1.24. The lowest BCUT2D eigenvalue weighted by atomic mass is 9.87. The van der Waals surface area contributed by atoms with Gasteiger partial charge in [0.1, 0.15) is 12.2 Å². The Bertz CT molecular complexity index is 365. The number of urea groups is 1. The van der Waals surface area contributed by atoms with E-state index in [1.165, 1.54) is 0 Å². The van der Waals surface area contributed by atoms with E-state index in [0.717, 1.165) is 24.5 Å².